The SMILES string of the molecule is [CH2]c1ccc(SSC(C)(C)CNC(=O)OC(C)(C)C)cc1. The maximum atomic E-state index is 11.7. The number of hydrogen-bond donors (Lipinski definition) is 1. The molecule has 0 aliphatic heterocycles. The number of hydrogen-bond acceptors (Lipinski definition) is 4. The van der Waals surface area contributed by atoms with Crippen molar-refractivity contribution in [2.24, 2.45) is 0 Å². The molecule has 1 aromatic carbocycles. The molecule has 0 heterocycles. The van der Waals surface area contributed by atoms with E-state index in [2.05, 4.69) is 38.2 Å². The summed E-state index contributed by atoms with van der Waals surface area (Å²) in [6.07, 6.45) is -0.373. The minimum Gasteiger partial charge on any atom is -0.444 e. The first-order chi connectivity index (χ1) is 9.57. The maximum absolute atomic E-state index is 11.7. The van der Waals surface area contributed by atoms with Gasteiger partial charge in [0.15, 0.2) is 0 Å². The van der Waals surface area contributed by atoms with Crippen LogP contribution in [0.5, 0.6) is 0 Å². The highest BCUT2D eigenvalue weighted by atomic mass is 33.1. The molecule has 1 rings (SSSR count). The summed E-state index contributed by atoms with van der Waals surface area (Å²) in [6, 6.07) is 8.10. The fourth-order valence-corrected chi connectivity index (χ4v) is 3.51. The fraction of sp³-hybridized carbons (Fsp3) is 0.500. The van der Waals surface area contributed by atoms with Crippen molar-refractivity contribution < 1.29 is 9.53 Å². The van der Waals surface area contributed by atoms with Gasteiger partial charge in [0.2, 0.25) is 0 Å². The van der Waals surface area contributed by atoms with E-state index < -0.39 is 5.60 Å². The number of alkyl carbamates (subject to hydrolysis) is 1. The molecule has 117 valence electrons. The second kappa shape index (κ2) is 7.45. The van der Waals surface area contributed by atoms with Gasteiger partial charge in [-0.1, -0.05) is 33.7 Å². The number of nitrogens with one attached hydrogen (secondary N) is 1. The van der Waals surface area contributed by atoms with Crippen molar-refractivity contribution in [1.82, 2.24) is 5.32 Å². The largest absolute Gasteiger partial charge is 0.444 e. The molecule has 1 aromatic rings. The summed E-state index contributed by atoms with van der Waals surface area (Å²) in [5.74, 6) is 0. The number of carbonyl (C=O) groups excluding carboxylic acids is 1. The molecule has 21 heavy (non-hydrogen) atoms. The lowest BCUT2D eigenvalue weighted by atomic mass is 10.2. The third kappa shape index (κ3) is 8.27. The Morgan fingerprint density at radius 3 is 2.29 bits per heavy atom. The van der Waals surface area contributed by atoms with Crippen LogP contribution >= 0.6 is 21.6 Å². The summed E-state index contributed by atoms with van der Waals surface area (Å²) < 4.78 is 5.14. The summed E-state index contributed by atoms with van der Waals surface area (Å²) >= 11 is 0. The van der Waals surface area contributed by atoms with Gasteiger partial charge >= 0.3 is 6.09 Å². The first-order valence-corrected chi connectivity index (χ1v) is 8.97. The Balaban J connectivity index is 2.39. The van der Waals surface area contributed by atoms with Gasteiger partial charge < -0.3 is 10.1 Å². The van der Waals surface area contributed by atoms with Gasteiger partial charge in [-0.25, -0.2) is 4.79 Å². The number of ether oxygens (including phenoxy) is 1. The Labute approximate surface area is 136 Å². The number of rotatable bonds is 5. The van der Waals surface area contributed by atoms with Crippen molar-refractivity contribution in [1.29, 1.82) is 0 Å². The van der Waals surface area contributed by atoms with E-state index in [0.29, 0.717) is 6.54 Å². The number of benzene rings is 1. The van der Waals surface area contributed by atoms with E-state index in [1.165, 1.54) is 4.90 Å². The molecule has 3 nitrogen and oxygen atoms in total. The Morgan fingerprint density at radius 1 is 1.19 bits per heavy atom. The van der Waals surface area contributed by atoms with E-state index in [9.17, 15) is 4.79 Å². The molecular weight excluding hydrogens is 302 g/mol. The van der Waals surface area contributed by atoms with Gasteiger partial charge in [-0.3, -0.25) is 0 Å². The summed E-state index contributed by atoms with van der Waals surface area (Å²) in [7, 11) is 3.42. The monoisotopic (exact) mass is 326 g/mol. The van der Waals surface area contributed by atoms with Crippen molar-refractivity contribution in [3.63, 3.8) is 0 Å². The minimum absolute atomic E-state index is 0.0926. The quantitative estimate of drug-likeness (QED) is 0.780. The zero-order valence-corrected chi connectivity index (χ0v) is 15.0. The summed E-state index contributed by atoms with van der Waals surface area (Å²) in [6.45, 7) is 14.2. The lowest BCUT2D eigenvalue weighted by molar-refractivity contribution is 0.0524. The molecule has 0 atom stereocenters. The van der Waals surface area contributed by atoms with Gasteiger partial charge in [0.1, 0.15) is 5.60 Å². The van der Waals surface area contributed by atoms with Crippen LogP contribution in [0, 0.1) is 6.92 Å². The summed E-state index contributed by atoms with van der Waals surface area (Å²) in [5.41, 5.74) is 0.543. The molecule has 0 aliphatic rings. The van der Waals surface area contributed by atoms with Crippen LogP contribution in [-0.2, 0) is 4.74 Å². The predicted octanol–water partition coefficient (Wildman–Crippen LogP) is 4.91. The number of carbonyl (C=O) groups is 1. The van der Waals surface area contributed by atoms with Crippen molar-refractivity contribution in [2.75, 3.05) is 6.54 Å². The Bertz CT molecular complexity index is 464. The van der Waals surface area contributed by atoms with Crippen LogP contribution in [0.3, 0.4) is 0 Å². The third-order valence-corrected chi connectivity index (χ3v) is 5.67. The topological polar surface area (TPSA) is 38.3 Å². The molecule has 0 saturated carbocycles. The molecule has 0 spiro atoms. The molecule has 5 heteroatoms. The molecule has 1 N–H and O–H groups in total. The first-order valence-electron chi connectivity index (χ1n) is 6.82. The molecule has 0 aromatic heterocycles. The molecule has 0 aliphatic carbocycles. The highest BCUT2D eigenvalue weighted by Gasteiger charge is 2.22. The Kier molecular flexibility index (Phi) is 6.47. The van der Waals surface area contributed by atoms with E-state index in [-0.39, 0.29) is 10.8 Å². The molecule has 1 amide bonds. The van der Waals surface area contributed by atoms with E-state index >= 15 is 0 Å². The van der Waals surface area contributed by atoms with Crippen LogP contribution in [0.25, 0.3) is 0 Å². The average molecular weight is 327 g/mol. The van der Waals surface area contributed by atoms with Crippen LogP contribution < -0.4 is 5.32 Å². The third-order valence-electron chi connectivity index (χ3n) is 2.34. The second-order valence-electron chi connectivity index (χ2n) is 6.43. The van der Waals surface area contributed by atoms with E-state index in [1.54, 1.807) is 21.6 Å². The van der Waals surface area contributed by atoms with Crippen LogP contribution in [-0.4, -0.2) is 23.0 Å². The molecule has 0 saturated heterocycles. The van der Waals surface area contributed by atoms with Gasteiger partial charge in [0, 0.05) is 16.2 Å². The highest BCUT2D eigenvalue weighted by molar-refractivity contribution is 8.77. The molecule has 0 unspecified atom stereocenters. The Hall–Kier alpha value is -0.810. The fourth-order valence-electron chi connectivity index (χ4n) is 1.33. The molecule has 1 radical (unpaired) electrons. The highest BCUT2D eigenvalue weighted by Crippen LogP contribution is 2.40. The Morgan fingerprint density at radius 2 is 1.76 bits per heavy atom. The van der Waals surface area contributed by atoms with Crippen LogP contribution in [0.1, 0.15) is 40.2 Å². The van der Waals surface area contributed by atoms with Crippen LogP contribution in [0.15, 0.2) is 29.2 Å². The van der Waals surface area contributed by atoms with Crippen molar-refractivity contribution >= 4 is 27.7 Å². The summed E-state index contributed by atoms with van der Waals surface area (Å²) in [5, 5.41) is 2.82. The van der Waals surface area contributed by atoms with Gasteiger partial charge in [-0.2, -0.15) is 0 Å². The van der Waals surface area contributed by atoms with E-state index in [0.717, 1.165) is 5.56 Å². The lowest BCUT2D eigenvalue weighted by Crippen LogP contribution is -2.39. The van der Waals surface area contributed by atoms with E-state index in [1.807, 2.05) is 32.9 Å². The molecular formula is C16H24NO2S2. The van der Waals surface area contributed by atoms with Crippen molar-refractivity contribution in [3.8, 4) is 0 Å². The predicted molar refractivity (Wildman–Crippen MR) is 92.7 cm³/mol. The smallest absolute Gasteiger partial charge is 0.407 e. The van der Waals surface area contributed by atoms with Gasteiger partial charge in [0.05, 0.1) is 0 Å². The maximum Gasteiger partial charge on any atom is 0.407 e. The standard InChI is InChI=1S/C16H24NO2S2/c1-12-7-9-13(10-8-12)20-21-16(5,6)11-17-14(18)19-15(2,3)4/h7-10H,1,11H2,2-6H3,(H,17,18). The van der Waals surface area contributed by atoms with E-state index in [4.69, 9.17) is 4.74 Å². The lowest BCUT2D eigenvalue weighted by Gasteiger charge is -2.25. The normalized spacial score (nSPS) is 12.1. The summed E-state index contributed by atoms with van der Waals surface area (Å²) in [4.78, 5) is 12.8. The zero-order valence-electron chi connectivity index (χ0n) is 13.4. The minimum atomic E-state index is -0.466. The average Bonchev–Trinajstić information content (AvgIpc) is 2.34. The van der Waals surface area contributed by atoms with Gasteiger partial charge in [-0.05, 0) is 59.2 Å². The van der Waals surface area contributed by atoms with Crippen molar-refractivity contribution in [3.05, 3.63) is 36.8 Å². The van der Waals surface area contributed by atoms with Crippen molar-refractivity contribution in [2.45, 2.75) is 49.9 Å². The van der Waals surface area contributed by atoms with Gasteiger partial charge in [-0.15, -0.1) is 0 Å². The molecule has 0 bridgehead atoms. The second-order valence-corrected chi connectivity index (χ2v) is 9.34. The molecule has 0 fully saturated rings. The van der Waals surface area contributed by atoms with Gasteiger partial charge in [0.25, 0.3) is 0 Å². The number of amides is 1. The van der Waals surface area contributed by atoms with Crippen LogP contribution in [0.4, 0.5) is 4.79 Å². The zero-order chi connectivity index (χ0) is 16.1. The first kappa shape index (κ1) is 18.2. The van der Waals surface area contributed by atoms with Crippen LogP contribution in [0.2, 0.25) is 0 Å².